The number of Topliss-reactive ketones (excluding diaryl/α,β-unsaturated/α-hetero) is 1. The predicted octanol–water partition coefficient (Wildman–Crippen LogP) is 3.70. The van der Waals surface area contributed by atoms with Gasteiger partial charge < -0.3 is 9.47 Å². The van der Waals surface area contributed by atoms with Gasteiger partial charge in [-0.1, -0.05) is 6.07 Å². The van der Waals surface area contributed by atoms with Crippen molar-refractivity contribution in [1.82, 2.24) is 0 Å². The zero-order valence-electron chi connectivity index (χ0n) is 11.5. The van der Waals surface area contributed by atoms with E-state index in [9.17, 15) is 9.18 Å². The molecule has 0 aliphatic heterocycles. The molecule has 21 heavy (non-hydrogen) atoms. The Bertz CT molecular complexity index is 735. The fraction of sp³-hybridized carbons (Fsp3) is 0.125. The lowest BCUT2D eigenvalue weighted by molar-refractivity contribution is 0.101. The zero-order valence-corrected chi connectivity index (χ0v) is 11.5. The number of rotatable bonds is 4. The van der Waals surface area contributed by atoms with Crippen molar-refractivity contribution in [2.24, 2.45) is 0 Å². The maximum absolute atomic E-state index is 13.9. The highest BCUT2D eigenvalue weighted by molar-refractivity contribution is 5.97. The van der Waals surface area contributed by atoms with Crippen LogP contribution >= 0.6 is 0 Å². The average molecular weight is 285 g/mol. The summed E-state index contributed by atoms with van der Waals surface area (Å²) >= 11 is 0. The van der Waals surface area contributed by atoms with E-state index in [1.54, 1.807) is 0 Å². The second-order valence-electron chi connectivity index (χ2n) is 4.25. The minimum absolute atomic E-state index is 0.140. The van der Waals surface area contributed by atoms with Gasteiger partial charge in [0, 0.05) is 6.07 Å². The van der Waals surface area contributed by atoms with Gasteiger partial charge in [-0.2, -0.15) is 5.26 Å². The van der Waals surface area contributed by atoms with E-state index >= 15 is 0 Å². The molecule has 2 aromatic carbocycles. The Balaban J connectivity index is 2.48. The van der Waals surface area contributed by atoms with Gasteiger partial charge >= 0.3 is 0 Å². The van der Waals surface area contributed by atoms with Crippen LogP contribution in [0.4, 0.5) is 4.39 Å². The van der Waals surface area contributed by atoms with Crippen LogP contribution in [0.5, 0.6) is 17.2 Å². The molecular weight excluding hydrogens is 273 g/mol. The lowest BCUT2D eigenvalue weighted by Crippen LogP contribution is -2.00. The monoisotopic (exact) mass is 285 g/mol. The first-order valence-corrected chi connectivity index (χ1v) is 6.12. The molecule has 0 aliphatic carbocycles. The number of benzene rings is 2. The summed E-state index contributed by atoms with van der Waals surface area (Å²) in [5, 5.41) is 8.85. The van der Waals surface area contributed by atoms with Crippen molar-refractivity contribution in [3.05, 3.63) is 53.3 Å². The van der Waals surface area contributed by atoms with Gasteiger partial charge in [0.1, 0.15) is 0 Å². The normalized spacial score (nSPS) is 9.81. The van der Waals surface area contributed by atoms with Crippen LogP contribution in [0.15, 0.2) is 36.4 Å². The van der Waals surface area contributed by atoms with Crippen LogP contribution in [-0.2, 0) is 0 Å². The molecular formula is C16H12FNO3. The second-order valence-corrected chi connectivity index (χ2v) is 4.25. The molecule has 5 heteroatoms. The summed E-state index contributed by atoms with van der Waals surface area (Å²) < 4.78 is 24.5. The van der Waals surface area contributed by atoms with Crippen LogP contribution < -0.4 is 9.47 Å². The molecule has 2 aromatic rings. The first-order valence-electron chi connectivity index (χ1n) is 6.12. The van der Waals surface area contributed by atoms with E-state index in [0.29, 0.717) is 5.56 Å². The minimum atomic E-state index is -0.644. The number of carbonyl (C=O) groups is 1. The van der Waals surface area contributed by atoms with E-state index < -0.39 is 5.82 Å². The Morgan fingerprint density at radius 3 is 2.62 bits per heavy atom. The van der Waals surface area contributed by atoms with Gasteiger partial charge in [-0.15, -0.1) is 0 Å². The smallest absolute Gasteiger partial charge is 0.174 e. The number of nitriles is 1. The first kappa shape index (κ1) is 14.5. The van der Waals surface area contributed by atoms with E-state index in [2.05, 4.69) is 0 Å². The van der Waals surface area contributed by atoms with Crippen LogP contribution in [0.1, 0.15) is 22.8 Å². The zero-order chi connectivity index (χ0) is 15.4. The van der Waals surface area contributed by atoms with E-state index in [1.807, 2.05) is 6.07 Å². The largest absolute Gasteiger partial charge is 0.493 e. The van der Waals surface area contributed by atoms with Crippen molar-refractivity contribution in [3.8, 4) is 23.3 Å². The number of methoxy groups -OCH3 is 1. The molecule has 0 radical (unpaired) electrons. The van der Waals surface area contributed by atoms with Gasteiger partial charge in [-0.3, -0.25) is 4.79 Å². The van der Waals surface area contributed by atoms with Gasteiger partial charge in [0.2, 0.25) is 0 Å². The Morgan fingerprint density at radius 2 is 2.00 bits per heavy atom. The number of ketones is 1. The molecule has 0 unspecified atom stereocenters. The van der Waals surface area contributed by atoms with Crippen molar-refractivity contribution in [1.29, 1.82) is 5.26 Å². The van der Waals surface area contributed by atoms with Crippen molar-refractivity contribution >= 4 is 5.78 Å². The lowest BCUT2D eigenvalue weighted by atomic mass is 10.1. The molecule has 0 atom stereocenters. The van der Waals surface area contributed by atoms with Crippen molar-refractivity contribution in [3.63, 3.8) is 0 Å². The second kappa shape index (κ2) is 6.06. The number of halogens is 1. The topological polar surface area (TPSA) is 59.3 Å². The quantitative estimate of drug-likeness (QED) is 0.804. The Kier molecular flexibility index (Phi) is 4.19. The fourth-order valence-corrected chi connectivity index (χ4v) is 1.82. The van der Waals surface area contributed by atoms with E-state index in [4.69, 9.17) is 14.7 Å². The summed E-state index contributed by atoms with van der Waals surface area (Å²) in [6.07, 6.45) is 0. The summed E-state index contributed by atoms with van der Waals surface area (Å²) in [5.74, 6) is -0.602. The molecule has 0 bridgehead atoms. The summed E-state index contributed by atoms with van der Waals surface area (Å²) in [5.41, 5.74) is 0.529. The summed E-state index contributed by atoms with van der Waals surface area (Å²) in [7, 11) is 1.41. The SMILES string of the molecule is COc1cc(C#N)ccc1Oc1c(F)cccc1C(C)=O. The molecule has 0 aromatic heterocycles. The molecule has 4 nitrogen and oxygen atoms in total. The van der Waals surface area contributed by atoms with Crippen LogP contribution in [-0.4, -0.2) is 12.9 Å². The number of ether oxygens (including phenoxy) is 2. The van der Waals surface area contributed by atoms with Crippen LogP contribution in [0, 0.1) is 17.1 Å². The third-order valence-electron chi connectivity index (χ3n) is 2.85. The van der Waals surface area contributed by atoms with Crippen molar-refractivity contribution < 1.29 is 18.7 Å². The summed E-state index contributed by atoms with van der Waals surface area (Å²) in [4.78, 5) is 11.5. The highest BCUT2D eigenvalue weighted by Crippen LogP contribution is 2.35. The molecule has 0 spiro atoms. The standard InChI is InChI=1S/C16H12FNO3/c1-10(19)12-4-3-5-13(17)16(12)21-14-7-6-11(9-18)8-15(14)20-2/h3-8H,1-2H3. The highest BCUT2D eigenvalue weighted by Gasteiger charge is 2.16. The maximum Gasteiger partial charge on any atom is 0.174 e. The number of nitrogens with zero attached hydrogens (tertiary/aromatic N) is 1. The fourth-order valence-electron chi connectivity index (χ4n) is 1.82. The number of para-hydroxylation sites is 1. The Labute approximate surface area is 121 Å². The van der Waals surface area contributed by atoms with Gasteiger partial charge in [0.05, 0.1) is 24.3 Å². The van der Waals surface area contributed by atoms with Crippen LogP contribution in [0.3, 0.4) is 0 Å². The minimum Gasteiger partial charge on any atom is -0.493 e. The molecule has 0 N–H and O–H groups in total. The third-order valence-corrected chi connectivity index (χ3v) is 2.85. The molecule has 0 saturated heterocycles. The van der Waals surface area contributed by atoms with E-state index in [0.717, 1.165) is 0 Å². The molecule has 0 saturated carbocycles. The predicted molar refractivity (Wildman–Crippen MR) is 74.2 cm³/mol. The third kappa shape index (κ3) is 3.00. The molecule has 2 rings (SSSR count). The summed E-state index contributed by atoms with van der Waals surface area (Å²) in [6.45, 7) is 1.33. The van der Waals surface area contributed by atoms with Gasteiger partial charge in [-0.05, 0) is 31.2 Å². The van der Waals surface area contributed by atoms with Gasteiger partial charge in [0.25, 0.3) is 0 Å². The molecule has 0 heterocycles. The molecule has 0 fully saturated rings. The maximum atomic E-state index is 13.9. The summed E-state index contributed by atoms with van der Waals surface area (Å²) in [6, 6.07) is 10.6. The number of hydrogen-bond donors (Lipinski definition) is 0. The average Bonchev–Trinajstić information content (AvgIpc) is 2.49. The Morgan fingerprint density at radius 1 is 1.24 bits per heavy atom. The van der Waals surface area contributed by atoms with E-state index in [1.165, 1.54) is 50.4 Å². The van der Waals surface area contributed by atoms with Crippen LogP contribution in [0.25, 0.3) is 0 Å². The van der Waals surface area contributed by atoms with Crippen LogP contribution in [0.2, 0.25) is 0 Å². The number of hydrogen-bond acceptors (Lipinski definition) is 4. The molecule has 0 amide bonds. The number of carbonyl (C=O) groups excluding carboxylic acids is 1. The first-order chi connectivity index (χ1) is 10.1. The van der Waals surface area contributed by atoms with Crippen molar-refractivity contribution in [2.75, 3.05) is 7.11 Å². The lowest BCUT2D eigenvalue weighted by Gasteiger charge is -2.13. The molecule has 106 valence electrons. The molecule has 0 aliphatic rings. The van der Waals surface area contributed by atoms with Crippen molar-refractivity contribution in [2.45, 2.75) is 6.92 Å². The van der Waals surface area contributed by atoms with E-state index in [-0.39, 0.29) is 28.6 Å². The van der Waals surface area contributed by atoms with Gasteiger partial charge in [-0.25, -0.2) is 4.39 Å². The van der Waals surface area contributed by atoms with Gasteiger partial charge in [0.15, 0.2) is 28.8 Å². The Hall–Kier alpha value is -2.87. The highest BCUT2D eigenvalue weighted by atomic mass is 19.1.